The number of carbonyl (C=O) groups is 2. The molecule has 2 aliphatic heterocycles. The molecule has 2 amide bonds. The SMILES string of the molecule is Cc1sc2c(c1C)C(c1ccc(Cl)cc1)=N[C@H](CC(=O)NCCOCCOCCOCCOCCOCCOCCOCCNC(=O)C[C@H]1N=C(c3ccc(Cl)cc3)c3c(sc(C)c3C)-n3c(C)nnc31)c1nnc(C)n1-2. The lowest BCUT2D eigenvalue weighted by Crippen LogP contribution is -2.29. The van der Waals surface area contributed by atoms with E-state index in [0.29, 0.717) is 127 Å². The predicted octanol–water partition coefficient (Wildman–Crippen LogP) is 7.74. The number of aromatic nitrogens is 6. The van der Waals surface area contributed by atoms with Crippen LogP contribution in [-0.4, -0.2) is 158 Å². The van der Waals surface area contributed by atoms with Crippen LogP contribution in [0.2, 0.25) is 10.0 Å². The Morgan fingerprint density at radius 2 is 0.792 bits per heavy atom. The average Bonchev–Trinajstić information content (AvgIpc) is 4.11. The van der Waals surface area contributed by atoms with Crippen LogP contribution >= 0.6 is 45.9 Å². The van der Waals surface area contributed by atoms with Crippen molar-refractivity contribution < 1.29 is 42.7 Å². The number of aliphatic imine (C=N–C) groups is 2. The van der Waals surface area contributed by atoms with Crippen LogP contribution in [0.15, 0.2) is 58.5 Å². The Bertz CT molecular complexity index is 2790. The smallest absolute Gasteiger partial charge is 0.222 e. The number of halogens is 2. The highest BCUT2D eigenvalue weighted by Gasteiger charge is 2.34. The Balaban J connectivity index is 0.601. The topological polar surface area (TPSA) is 209 Å². The highest BCUT2D eigenvalue weighted by molar-refractivity contribution is 7.15. The average molecular weight is 1130 g/mol. The number of benzene rings is 2. The molecule has 6 heterocycles. The fraction of sp³-hybridized carbons (Fsp3) is 0.481. The Morgan fingerprint density at radius 3 is 1.12 bits per heavy atom. The van der Waals surface area contributed by atoms with Crippen LogP contribution in [-0.2, 0) is 42.7 Å². The molecule has 0 spiro atoms. The Morgan fingerprint density at radius 1 is 0.481 bits per heavy atom. The quantitative estimate of drug-likeness (QED) is 0.0414. The third-order valence-electron chi connectivity index (χ3n) is 12.8. The van der Waals surface area contributed by atoms with E-state index < -0.39 is 12.1 Å². The van der Waals surface area contributed by atoms with Crippen molar-refractivity contribution in [2.75, 3.05) is 106 Å². The van der Waals surface area contributed by atoms with Gasteiger partial charge in [-0.05, 0) is 76.9 Å². The summed E-state index contributed by atoms with van der Waals surface area (Å²) < 4.78 is 43.4. The number of rotatable bonds is 30. The summed E-state index contributed by atoms with van der Waals surface area (Å²) in [6.45, 7) is 18.6. The number of amides is 2. The maximum absolute atomic E-state index is 13.2. The highest BCUT2D eigenvalue weighted by atomic mass is 35.5. The summed E-state index contributed by atoms with van der Waals surface area (Å²) in [5.41, 5.74) is 7.75. The zero-order valence-electron chi connectivity index (χ0n) is 44.3. The number of hydrogen-bond acceptors (Lipinski definition) is 17. The molecule has 23 heteroatoms. The van der Waals surface area contributed by atoms with Gasteiger partial charge in [-0.3, -0.25) is 28.7 Å². The molecule has 2 N–H and O–H groups in total. The molecule has 2 aliphatic rings. The van der Waals surface area contributed by atoms with E-state index in [9.17, 15) is 9.59 Å². The van der Waals surface area contributed by atoms with E-state index in [0.717, 1.165) is 66.5 Å². The molecule has 0 bridgehead atoms. The molecule has 412 valence electrons. The van der Waals surface area contributed by atoms with Gasteiger partial charge in [0.15, 0.2) is 11.6 Å². The van der Waals surface area contributed by atoms with E-state index in [1.807, 2.05) is 71.5 Å². The molecular weight excluding hydrogens is 1070 g/mol. The second-order valence-corrected chi connectivity index (χ2v) is 21.5. The number of aryl methyl sites for hydroxylation is 4. The number of fused-ring (bicyclic) bond motifs is 6. The number of ether oxygens (including phenoxy) is 7. The van der Waals surface area contributed by atoms with E-state index in [1.54, 1.807) is 22.7 Å². The molecule has 0 radical (unpaired) electrons. The van der Waals surface area contributed by atoms with Crippen LogP contribution in [0, 0.1) is 41.5 Å². The summed E-state index contributed by atoms with van der Waals surface area (Å²) in [4.78, 5) is 39.1. The van der Waals surface area contributed by atoms with Crippen molar-refractivity contribution >= 4 is 69.1 Å². The van der Waals surface area contributed by atoms with Gasteiger partial charge in [0.05, 0.1) is 117 Å². The maximum Gasteiger partial charge on any atom is 0.222 e. The van der Waals surface area contributed by atoms with Gasteiger partial charge in [-0.25, -0.2) is 0 Å². The van der Waals surface area contributed by atoms with Crippen molar-refractivity contribution in [3.63, 3.8) is 0 Å². The van der Waals surface area contributed by atoms with Gasteiger partial charge in [-0.1, -0.05) is 47.5 Å². The van der Waals surface area contributed by atoms with E-state index in [1.165, 1.54) is 9.75 Å². The monoisotopic (exact) mass is 1130 g/mol. The summed E-state index contributed by atoms with van der Waals surface area (Å²) in [6, 6.07) is 14.1. The Labute approximate surface area is 466 Å². The maximum atomic E-state index is 13.2. The molecular formula is C54H66Cl2N10O9S2. The van der Waals surface area contributed by atoms with Gasteiger partial charge in [0.1, 0.15) is 33.7 Å². The minimum absolute atomic E-state index is 0.102. The molecule has 0 aliphatic carbocycles. The van der Waals surface area contributed by atoms with Gasteiger partial charge in [0, 0.05) is 55.1 Å². The molecule has 2 aromatic carbocycles. The number of nitrogens with zero attached hydrogens (tertiary/aromatic N) is 8. The van der Waals surface area contributed by atoms with Crippen LogP contribution in [0.3, 0.4) is 0 Å². The number of hydrogen-bond donors (Lipinski definition) is 2. The normalized spacial score (nSPS) is 14.8. The first kappa shape index (κ1) is 57.9. The molecule has 0 unspecified atom stereocenters. The molecule has 4 aromatic heterocycles. The molecule has 0 fully saturated rings. The van der Waals surface area contributed by atoms with Crippen LogP contribution in [0.4, 0.5) is 0 Å². The van der Waals surface area contributed by atoms with E-state index in [4.69, 9.17) is 66.3 Å². The summed E-state index contributed by atoms with van der Waals surface area (Å²) in [6.07, 6.45) is 0.204. The summed E-state index contributed by atoms with van der Waals surface area (Å²) >= 11 is 15.8. The molecule has 0 saturated heterocycles. The van der Waals surface area contributed by atoms with Crippen molar-refractivity contribution in [3.05, 3.63) is 125 Å². The minimum atomic E-state index is -0.545. The van der Waals surface area contributed by atoms with Crippen molar-refractivity contribution in [2.24, 2.45) is 9.98 Å². The van der Waals surface area contributed by atoms with Crippen LogP contribution in [0.1, 0.15) is 91.4 Å². The standard InChI is InChI=1S/C54H66Cl2N10O9S2/c1-33-35(3)76-53-47(33)49(39-7-11-41(55)12-8-39)59-43(51-63-61-37(5)65(51)53)31-45(67)57-15-17-69-19-21-71-23-25-73-27-29-75-30-28-74-26-24-72-22-20-70-18-16-58-46(68)32-44-52-64-62-38(6)66(52)54-48(34(2)36(4)77-54)50(60-44)40-9-13-42(56)14-10-40/h7-14,43-44H,15-32H2,1-6H3,(H,57,67)(H,58,68)/t43-,44-/m1/s1. The van der Waals surface area contributed by atoms with E-state index in [-0.39, 0.29) is 24.7 Å². The summed E-state index contributed by atoms with van der Waals surface area (Å²) in [7, 11) is 0. The van der Waals surface area contributed by atoms with Gasteiger partial charge in [-0.15, -0.1) is 43.1 Å². The van der Waals surface area contributed by atoms with Crippen molar-refractivity contribution in [3.8, 4) is 10.0 Å². The first-order valence-electron chi connectivity index (χ1n) is 25.7. The lowest BCUT2D eigenvalue weighted by Gasteiger charge is -2.13. The fourth-order valence-corrected chi connectivity index (χ4v) is 11.4. The lowest BCUT2D eigenvalue weighted by molar-refractivity contribution is -0.122. The van der Waals surface area contributed by atoms with Crippen LogP contribution in [0.5, 0.6) is 0 Å². The number of thiophene rings is 2. The molecule has 77 heavy (non-hydrogen) atoms. The van der Waals surface area contributed by atoms with Gasteiger partial charge in [0.2, 0.25) is 11.8 Å². The van der Waals surface area contributed by atoms with Gasteiger partial charge in [-0.2, -0.15) is 0 Å². The first-order valence-corrected chi connectivity index (χ1v) is 28.1. The first-order chi connectivity index (χ1) is 37.4. The second-order valence-electron chi connectivity index (χ2n) is 18.2. The molecule has 2 atom stereocenters. The third-order valence-corrected chi connectivity index (χ3v) is 15.7. The van der Waals surface area contributed by atoms with Gasteiger partial charge < -0.3 is 43.8 Å². The minimum Gasteiger partial charge on any atom is -0.377 e. The van der Waals surface area contributed by atoms with Crippen molar-refractivity contribution in [2.45, 2.75) is 66.5 Å². The largest absolute Gasteiger partial charge is 0.377 e. The molecule has 19 nitrogen and oxygen atoms in total. The lowest BCUT2D eigenvalue weighted by atomic mass is 9.99. The van der Waals surface area contributed by atoms with Crippen LogP contribution in [0.25, 0.3) is 10.0 Å². The zero-order chi connectivity index (χ0) is 54.3. The highest BCUT2D eigenvalue weighted by Crippen LogP contribution is 2.41. The molecule has 6 aromatic rings. The third kappa shape index (κ3) is 15.1. The van der Waals surface area contributed by atoms with Crippen molar-refractivity contribution in [1.82, 2.24) is 40.2 Å². The van der Waals surface area contributed by atoms with E-state index in [2.05, 4.69) is 58.7 Å². The predicted molar refractivity (Wildman–Crippen MR) is 298 cm³/mol. The van der Waals surface area contributed by atoms with Gasteiger partial charge in [0.25, 0.3) is 0 Å². The number of nitrogens with one attached hydrogen (secondary N) is 2. The second kappa shape index (κ2) is 28.5. The Kier molecular flexibility index (Phi) is 21.4. The molecule has 0 saturated carbocycles. The zero-order valence-corrected chi connectivity index (χ0v) is 47.5. The Hall–Kier alpha value is -5.30. The fourth-order valence-electron chi connectivity index (χ4n) is 8.71. The number of carbonyl (C=O) groups excluding carboxylic acids is 2. The summed E-state index contributed by atoms with van der Waals surface area (Å²) in [5.74, 6) is 2.42. The van der Waals surface area contributed by atoms with E-state index >= 15 is 0 Å². The van der Waals surface area contributed by atoms with Crippen molar-refractivity contribution in [1.29, 1.82) is 0 Å². The van der Waals surface area contributed by atoms with Crippen LogP contribution < -0.4 is 10.6 Å². The summed E-state index contributed by atoms with van der Waals surface area (Å²) in [5, 5.41) is 26.9. The molecule has 8 rings (SSSR count). The van der Waals surface area contributed by atoms with Gasteiger partial charge >= 0.3 is 0 Å².